The first kappa shape index (κ1) is 20.4. The van der Waals surface area contributed by atoms with Gasteiger partial charge in [0.1, 0.15) is 5.75 Å². The van der Waals surface area contributed by atoms with Gasteiger partial charge < -0.3 is 14.5 Å². The number of methoxy groups -OCH3 is 1. The second kappa shape index (κ2) is 8.88. The lowest BCUT2D eigenvalue weighted by Gasteiger charge is -2.36. The van der Waals surface area contributed by atoms with Crippen LogP contribution in [0.4, 0.5) is 5.69 Å². The minimum atomic E-state index is -0.286. The Labute approximate surface area is 178 Å². The van der Waals surface area contributed by atoms with Gasteiger partial charge in [0.25, 0.3) is 0 Å². The van der Waals surface area contributed by atoms with E-state index in [1.54, 1.807) is 12.0 Å². The number of carbonyl (C=O) groups is 2. The number of rotatable bonds is 5. The Morgan fingerprint density at radius 1 is 1.07 bits per heavy atom. The SMILES string of the molecule is COc1ccccc1N1CC(C(=O)N2CCN(Cc3cccc(C)c3)CC2)CC1=O. The second-order valence-corrected chi connectivity index (χ2v) is 8.17. The van der Waals surface area contributed by atoms with Crippen LogP contribution in [0.2, 0.25) is 0 Å². The maximum Gasteiger partial charge on any atom is 0.228 e. The minimum absolute atomic E-state index is 0.0177. The average Bonchev–Trinajstić information content (AvgIpc) is 3.15. The van der Waals surface area contributed by atoms with Gasteiger partial charge in [0.05, 0.1) is 18.7 Å². The van der Waals surface area contributed by atoms with Crippen molar-refractivity contribution in [2.24, 2.45) is 5.92 Å². The quantitative estimate of drug-likeness (QED) is 0.765. The number of amides is 2. The number of benzene rings is 2. The molecule has 0 aromatic heterocycles. The molecule has 1 unspecified atom stereocenters. The molecular weight excluding hydrogens is 378 g/mol. The lowest BCUT2D eigenvalue weighted by atomic mass is 10.1. The van der Waals surface area contributed by atoms with E-state index in [-0.39, 0.29) is 24.2 Å². The fraction of sp³-hybridized carbons (Fsp3) is 0.417. The summed E-state index contributed by atoms with van der Waals surface area (Å²) in [6.07, 6.45) is 0.264. The molecule has 2 fully saturated rings. The minimum Gasteiger partial charge on any atom is -0.495 e. The molecule has 2 heterocycles. The van der Waals surface area contributed by atoms with Gasteiger partial charge in [-0.05, 0) is 24.6 Å². The van der Waals surface area contributed by atoms with Gasteiger partial charge in [0.2, 0.25) is 11.8 Å². The zero-order chi connectivity index (χ0) is 21.1. The van der Waals surface area contributed by atoms with E-state index in [1.807, 2.05) is 29.2 Å². The van der Waals surface area contributed by atoms with E-state index >= 15 is 0 Å². The number of hydrogen-bond acceptors (Lipinski definition) is 4. The Morgan fingerprint density at radius 2 is 1.83 bits per heavy atom. The molecule has 0 radical (unpaired) electrons. The van der Waals surface area contributed by atoms with E-state index in [0.29, 0.717) is 25.4 Å². The lowest BCUT2D eigenvalue weighted by molar-refractivity contribution is -0.137. The summed E-state index contributed by atoms with van der Waals surface area (Å²) in [5.74, 6) is 0.446. The predicted octanol–water partition coefficient (Wildman–Crippen LogP) is 2.70. The second-order valence-electron chi connectivity index (χ2n) is 8.17. The van der Waals surface area contributed by atoms with Crippen LogP contribution in [-0.4, -0.2) is 61.4 Å². The Morgan fingerprint density at radius 3 is 2.57 bits per heavy atom. The first-order valence-electron chi connectivity index (χ1n) is 10.5. The monoisotopic (exact) mass is 407 g/mol. The maximum atomic E-state index is 13.1. The van der Waals surface area contributed by atoms with Crippen LogP contribution in [0.3, 0.4) is 0 Å². The Hall–Kier alpha value is -2.86. The number of ether oxygens (including phenoxy) is 1. The largest absolute Gasteiger partial charge is 0.495 e. The van der Waals surface area contributed by atoms with Crippen molar-refractivity contribution in [1.29, 1.82) is 0 Å². The fourth-order valence-corrected chi connectivity index (χ4v) is 4.41. The summed E-state index contributed by atoms with van der Waals surface area (Å²) in [6.45, 7) is 6.58. The highest BCUT2D eigenvalue weighted by Crippen LogP contribution is 2.33. The van der Waals surface area contributed by atoms with Crippen LogP contribution in [0.25, 0.3) is 0 Å². The molecule has 2 amide bonds. The van der Waals surface area contributed by atoms with E-state index < -0.39 is 0 Å². The number of hydrogen-bond donors (Lipinski definition) is 0. The number of aryl methyl sites for hydroxylation is 1. The number of anilines is 1. The molecule has 0 N–H and O–H groups in total. The smallest absolute Gasteiger partial charge is 0.228 e. The van der Waals surface area contributed by atoms with Crippen molar-refractivity contribution < 1.29 is 14.3 Å². The van der Waals surface area contributed by atoms with Gasteiger partial charge in [-0.1, -0.05) is 42.0 Å². The van der Waals surface area contributed by atoms with Crippen molar-refractivity contribution in [3.8, 4) is 5.75 Å². The van der Waals surface area contributed by atoms with Crippen LogP contribution in [0, 0.1) is 12.8 Å². The number of piperazine rings is 1. The van der Waals surface area contributed by atoms with Crippen LogP contribution in [-0.2, 0) is 16.1 Å². The summed E-state index contributed by atoms with van der Waals surface area (Å²) in [5.41, 5.74) is 3.32. The van der Waals surface area contributed by atoms with Gasteiger partial charge in [-0.3, -0.25) is 14.5 Å². The van der Waals surface area contributed by atoms with Crippen molar-refractivity contribution in [3.05, 3.63) is 59.7 Å². The standard InChI is InChI=1S/C24H29N3O3/c1-18-6-5-7-19(14-18)16-25-10-12-26(13-11-25)24(29)20-15-23(28)27(17-20)21-8-3-4-9-22(21)30-2/h3-9,14,20H,10-13,15-17H2,1-2H3. The molecule has 0 spiro atoms. The van der Waals surface area contributed by atoms with E-state index in [9.17, 15) is 9.59 Å². The van der Waals surface area contributed by atoms with E-state index in [4.69, 9.17) is 4.74 Å². The first-order valence-corrected chi connectivity index (χ1v) is 10.5. The third-order valence-corrected chi connectivity index (χ3v) is 6.02. The molecule has 2 saturated heterocycles. The van der Waals surface area contributed by atoms with Gasteiger partial charge in [0.15, 0.2) is 0 Å². The predicted molar refractivity (Wildman–Crippen MR) is 116 cm³/mol. The third kappa shape index (κ3) is 4.33. The van der Waals surface area contributed by atoms with E-state index in [0.717, 1.165) is 25.3 Å². The molecule has 0 bridgehead atoms. The van der Waals surface area contributed by atoms with Crippen molar-refractivity contribution in [3.63, 3.8) is 0 Å². The summed E-state index contributed by atoms with van der Waals surface area (Å²) in [7, 11) is 1.60. The molecule has 0 saturated carbocycles. The average molecular weight is 408 g/mol. The molecular formula is C24H29N3O3. The molecule has 6 heteroatoms. The van der Waals surface area contributed by atoms with Gasteiger partial charge in [0, 0.05) is 45.7 Å². The van der Waals surface area contributed by atoms with E-state index in [2.05, 4.69) is 36.1 Å². The van der Waals surface area contributed by atoms with Crippen LogP contribution >= 0.6 is 0 Å². The third-order valence-electron chi connectivity index (χ3n) is 6.02. The van der Waals surface area contributed by atoms with Crippen LogP contribution < -0.4 is 9.64 Å². The maximum absolute atomic E-state index is 13.1. The molecule has 2 aliphatic rings. The summed E-state index contributed by atoms with van der Waals surface area (Å²) in [5, 5.41) is 0. The van der Waals surface area contributed by atoms with Gasteiger partial charge in [-0.2, -0.15) is 0 Å². The molecule has 6 nitrogen and oxygen atoms in total. The first-order chi connectivity index (χ1) is 14.5. The molecule has 0 aliphatic carbocycles. The number of nitrogens with zero attached hydrogens (tertiary/aromatic N) is 3. The summed E-state index contributed by atoms with van der Waals surface area (Å²) in [4.78, 5) is 31.7. The summed E-state index contributed by atoms with van der Waals surface area (Å²) >= 11 is 0. The van der Waals surface area contributed by atoms with Crippen molar-refractivity contribution in [1.82, 2.24) is 9.80 Å². The molecule has 4 rings (SSSR count). The van der Waals surface area contributed by atoms with Crippen LogP contribution in [0.5, 0.6) is 5.75 Å². The molecule has 2 aromatic carbocycles. The Kier molecular flexibility index (Phi) is 6.04. The normalized spacial score (nSPS) is 19.9. The zero-order valence-corrected chi connectivity index (χ0v) is 17.7. The molecule has 2 aliphatic heterocycles. The highest BCUT2D eigenvalue weighted by Gasteiger charge is 2.38. The van der Waals surface area contributed by atoms with Crippen LogP contribution in [0.1, 0.15) is 17.5 Å². The lowest BCUT2D eigenvalue weighted by Crippen LogP contribution is -2.50. The Bertz CT molecular complexity index is 921. The molecule has 158 valence electrons. The van der Waals surface area contributed by atoms with Crippen molar-refractivity contribution in [2.75, 3.05) is 44.7 Å². The highest BCUT2D eigenvalue weighted by molar-refractivity contribution is 6.01. The fourth-order valence-electron chi connectivity index (χ4n) is 4.41. The van der Waals surface area contributed by atoms with Gasteiger partial charge in [-0.25, -0.2) is 0 Å². The number of carbonyl (C=O) groups excluding carboxylic acids is 2. The van der Waals surface area contributed by atoms with E-state index in [1.165, 1.54) is 11.1 Å². The Balaban J connectivity index is 1.34. The summed E-state index contributed by atoms with van der Waals surface area (Å²) < 4.78 is 5.39. The van der Waals surface area contributed by atoms with Crippen LogP contribution in [0.15, 0.2) is 48.5 Å². The number of para-hydroxylation sites is 2. The van der Waals surface area contributed by atoms with Crippen molar-refractivity contribution in [2.45, 2.75) is 19.9 Å². The van der Waals surface area contributed by atoms with Gasteiger partial charge >= 0.3 is 0 Å². The highest BCUT2D eigenvalue weighted by atomic mass is 16.5. The van der Waals surface area contributed by atoms with Crippen molar-refractivity contribution >= 4 is 17.5 Å². The molecule has 1 atom stereocenters. The molecule has 30 heavy (non-hydrogen) atoms. The molecule has 2 aromatic rings. The van der Waals surface area contributed by atoms with Gasteiger partial charge in [-0.15, -0.1) is 0 Å². The summed E-state index contributed by atoms with van der Waals surface area (Å²) in [6, 6.07) is 16.0. The zero-order valence-electron chi connectivity index (χ0n) is 17.7. The topological polar surface area (TPSA) is 53.1 Å².